The van der Waals surface area contributed by atoms with E-state index in [2.05, 4.69) is 10.3 Å². The average molecular weight is 435 g/mol. The van der Waals surface area contributed by atoms with E-state index in [1.807, 2.05) is 16.3 Å². The van der Waals surface area contributed by atoms with Crippen LogP contribution >= 0.6 is 22.9 Å². The number of carbonyl (C=O) groups is 3. The van der Waals surface area contributed by atoms with Gasteiger partial charge in [-0.3, -0.25) is 19.5 Å². The molecule has 2 fully saturated rings. The van der Waals surface area contributed by atoms with Gasteiger partial charge in [0.05, 0.1) is 23.7 Å². The van der Waals surface area contributed by atoms with Crippen LogP contribution in [-0.2, 0) is 16.1 Å². The van der Waals surface area contributed by atoms with Gasteiger partial charge in [0.1, 0.15) is 11.1 Å². The predicted molar refractivity (Wildman–Crippen MR) is 108 cm³/mol. The minimum Gasteiger partial charge on any atom is -0.442 e. The minimum absolute atomic E-state index is 0.170. The Morgan fingerprint density at radius 3 is 2.97 bits per heavy atom. The van der Waals surface area contributed by atoms with Crippen molar-refractivity contribution in [1.29, 1.82) is 0 Å². The van der Waals surface area contributed by atoms with Crippen molar-refractivity contribution >= 4 is 45.8 Å². The number of anilines is 1. The van der Waals surface area contributed by atoms with Crippen LogP contribution in [0.3, 0.4) is 0 Å². The van der Waals surface area contributed by atoms with Crippen LogP contribution in [0.4, 0.5) is 9.80 Å². The van der Waals surface area contributed by atoms with Crippen LogP contribution in [0, 0.1) is 0 Å². The number of thiophene rings is 1. The van der Waals surface area contributed by atoms with Crippen molar-refractivity contribution in [3.05, 3.63) is 46.1 Å². The van der Waals surface area contributed by atoms with E-state index in [1.165, 1.54) is 29.8 Å². The molecular weight excluding hydrogens is 416 g/mol. The molecule has 152 valence electrons. The number of cyclic esters (lactones) is 1. The summed E-state index contributed by atoms with van der Waals surface area (Å²) in [5, 5.41) is 5.83. The number of aromatic nitrogens is 1. The molecule has 0 spiro atoms. The molecule has 4 rings (SSSR count). The third kappa shape index (κ3) is 4.51. The summed E-state index contributed by atoms with van der Waals surface area (Å²) in [6.07, 6.45) is 3.47. The topological polar surface area (TPSA) is 91.8 Å². The fourth-order valence-electron chi connectivity index (χ4n) is 3.33. The molecule has 0 aliphatic carbocycles. The van der Waals surface area contributed by atoms with Gasteiger partial charge in [-0.15, -0.1) is 11.3 Å². The van der Waals surface area contributed by atoms with Crippen LogP contribution in [-0.4, -0.2) is 53.5 Å². The highest BCUT2D eigenvalue weighted by molar-refractivity contribution is 7.14. The number of pyridine rings is 1. The Balaban J connectivity index is 1.32. The zero-order chi connectivity index (χ0) is 20.4. The second kappa shape index (κ2) is 8.38. The van der Waals surface area contributed by atoms with E-state index >= 15 is 0 Å². The Hall–Kier alpha value is -2.65. The lowest BCUT2D eigenvalue weighted by molar-refractivity contribution is -0.128. The summed E-state index contributed by atoms with van der Waals surface area (Å²) >= 11 is 7.28. The lowest BCUT2D eigenvalue weighted by atomic mass is 10.2. The third-order valence-electron chi connectivity index (χ3n) is 4.78. The number of amides is 3. The van der Waals surface area contributed by atoms with Gasteiger partial charge in [0.25, 0.3) is 5.91 Å². The summed E-state index contributed by atoms with van der Waals surface area (Å²) in [7, 11) is 0. The standard InChI is InChI=1S/C19H19ClN4O4S/c20-14-5-13(6-21-7-14)18(26)22-8-15-10-24(19(27)28-15)17-4-12(11-29-17)9-23-3-1-2-16(23)25/h4-7,11,15H,1-3,8-10H2,(H,22,26)/t15-/m0/s1. The molecule has 10 heteroatoms. The quantitative estimate of drug-likeness (QED) is 0.754. The van der Waals surface area contributed by atoms with E-state index in [0.29, 0.717) is 30.1 Å². The molecule has 3 amide bonds. The first-order valence-electron chi connectivity index (χ1n) is 9.21. The van der Waals surface area contributed by atoms with Gasteiger partial charge in [0.15, 0.2) is 0 Å². The van der Waals surface area contributed by atoms with Crippen molar-refractivity contribution in [2.45, 2.75) is 25.5 Å². The first kappa shape index (κ1) is 19.7. The fraction of sp³-hybridized carbons (Fsp3) is 0.368. The van der Waals surface area contributed by atoms with Crippen LogP contribution in [0.5, 0.6) is 0 Å². The van der Waals surface area contributed by atoms with Gasteiger partial charge in [-0.25, -0.2) is 4.79 Å². The highest BCUT2D eigenvalue weighted by Crippen LogP contribution is 2.30. The smallest absolute Gasteiger partial charge is 0.415 e. The van der Waals surface area contributed by atoms with Gasteiger partial charge in [-0.05, 0) is 29.5 Å². The Morgan fingerprint density at radius 2 is 2.21 bits per heavy atom. The largest absolute Gasteiger partial charge is 0.442 e. The van der Waals surface area contributed by atoms with Crippen molar-refractivity contribution in [3.63, 3.8) is 0 Å². The summed E-state index contributed by atoms with van der Waals surface area (Å²) in [6.45, 7) is 1.87. The summed E-state index contributed by atoms with van der Waals surface area (Å²) < 4.78 is 5.37. The molecule has 2 saturated heterocycles. The second-order valence-electron chi connectivity index (χ2n) is 6.93. The Bertz CT molecular complexity index is 950. The van der Waals surface area contributed by atoms with Gasteiger partial charge in [-0.1, -0.05) is 11.6 Å². The first-order chi connectivity index (χ1) is 14.0. The lowest BCUT2D eigenvalue weighted by Crippen LogP contribution is -2.34. The predicted octanol–water partition coefficient (Wildman–Crippen LogP) is 2.67. The number of likely N-dealkylation sites (tertiary alicyclic amines) is 1. The number of nitrogens with one attached hydrogen (secondary N) is 1. The molecule has 0 saturated carbocycles. The number of rotatable bonds is 6. The number of carbonyl (C=O) groups excluding carboxylic acids is 3. The maximum Gasteiger partial charge on any atom is 0.415 e. The monoisotopic (exact) mass is 434 g/mol. The Morgan fingerprint density at radius 1 is 1.34 bits per heavy atom. The summed E-state index contributed by atoms with van der Waals surface area (Å²) in [5.74, 6) is -0.160. The van der Waals surface area contributed by atoms with Crippen molar-refractivity contribution in [2.24, 2.45) is 0 Å². The molecule has 4 heterocycles. The van der Waals surface area contributed by atoms with E-state index < -0.39 is 12.2 Å². The molecule has 0 radical (unpaired) electrons. The third-order valence-corrected chi connectivity index (χ3v) is 5.99. The Labute approximate surface area is 176 Å². The van der Waals surface area contributed by atoms with Gasteiger partial charge in [0.2, 0.25) is 5.91 Å². The molecule has 2 aromatic rings. The van der Waals surface area contributed by atoms with Crippen LogP contribution < -0.4 is 10.2 Å². The van der Waals surface area contributed by atoms with Crippen molar-refractivity contribution in [1.82, 2.24) is 15.2 Å². The van der Waals surface area contributed by atoms with Crippen molar-refractivity contribution in [3.8, 4) is 0 Å². The maximum absolute atomic E-state index is 12.3. The van der Waals surface area contributed by atoms with Crippen molar-refractivity contribution in [2.75, 3.05) is 24.5 Å². The van der Waals surface area contributed by atoms with Crippen molar-refractivity contribution < 1.29 is 19.1 Å². The molecule has 29 heavy (non-hydrogen) atoms. The SMILES string of the molecule is O=C(NC[C@H]1CN(c2cc(CN3CCCC3=O)cs2)C(=O)O1)c1cncc(Cl)c1. The lowest BCUT2D eigenvalue weighted by Gasteiger charge is -2.14. The highest BCUT2D eigenvalue weighted by Gasteiger charge is 2.33. The summed E-state index contributed by atoms with van der Waals surface area (Å²) in [6, 6.07) is 3.44. The van der Waals surface area contributed by atoms with Gasteiger partial charge in [0, 0.05) is 31.9 Å². The molecule has 1 N–H and O–H groups in total. The van der Waals surface area contributed by atoms with E-state index in [9.17, 15) is 14.4 Å². The maximum atomic E-state index is 12.3. The van der Waals surface area contributed by atoms with Crippen LogP contribution in [0.1, 0.15) is 28.8 Å². The number of hydrogen-bond acceptors (Lipinski definition) is 6. The molecule has 2 aromatic heterocycles. The Kier molecular flexibility index (Phi) is 5.68. The molecule has 2 aliphatic heterocycles. The second-order valence-corrected chi connectivity index (χ2v) is 8.26. The number of halogens is 1. The van der Waals surface area contributed by atoms with Gasteiger partial charge >= 0.3 is 6.09 Å². The van der Waals surface area contributed by atoms with Gasteiger partial charge < -0.3 is 15.0 Å². The molecule has 0 bridgehead atoms. The summed E-state index contributed by atoms with van der Waals surface area (Å²) in [5.41, 5.74) is 1.34. The molecule has 0 unspecified atom stereocenters. The normalized spacial score (nSPS) is 19.0. The fourth-order valence-corrected chi connectivity index (χ4v) is 4.42. The van der Waals surface area contributed by atoms with Crippen LogP contribution in [0.15, 0.2) is 29.9 Å². The van der Waals surface area contributed by atoms with E-state index in [4.69, 9.17) is 16.3 Å². The summed E-state index contributed by atoms with van der Waals surface area (Å²) in [4.78, 5) is 43.5. The molecular formula is C19H19ClN4O4S. The molecule has 2 aliphatic rings. The first-order valence-corrected chi connectivity index (χ1v) is 10.5. The number of nitrogens with zero attached hydrogens (tertiary/aromatic N) is 3. The minimum atomic E-state index is -0.454. The van der Waals surface area contributed by atoms with Gasteiger partial charge in [-0.2, -0.15) is 0 Å². The molecule has 8 nitrogen and oxygen atoms in total. The van der Waals surface area contributed by atoms with Crippen LogP contribution in [0.2, 0.25) is 5.02 Å². The average Bonchev–Trinajstić information content (AvgIpc) is 3.41. The molecule has 0 aromatic carbocycles. The van der Waals surface area contributed by atoms with E-state index in [0.717, 1.165) is 23.5 Å². The zero-order valence-corrected chi connectivity index (χ0v) is 17.0. The highest BCUT2D eigenvalue weighted by atomic mass is 35.5. The van der Waals surface area contributed by atoms with Crippen LogP contribution in [0.25, 0.3) is 0 Å². The number of ether oxygens (including phenoxy) is 1. The zero-order valence-electron chi connectivity index (χ0n) is 15.5. The van der Waals surface area contributed by atoms with E-state index in [1.54, 1.807) is 4.90 Å². The molecule has 1 atom stereocenters. The van der Waals surface area contributed by atoms with E-state index in [-0.39, 0.29) is 18.4 Å². The number of hydrogen-bond donors (Lipinski definition) is 1.